The third kappa shape index (κ3) is 4.48. The molecule has 0 saturated heterocycles. The first kappa shape index (κ1) is 24.3. The van der Waals surface area contributed by atoms with Crippen LogP contribution in [0.4, 0.5) is 11.4 Å². The summed E-state index contributed by atoms with van der Waals surface area (Å²) < 4.78 is 16.8. The molecule has 3 N–H and O–H groups in total. The van der Waals surface area contributed by atoms with Crippen molar-refractivity contribution in [3.63, 3.8) is 0 Å². The summed E-state index contributed by atoms with van der Waals surface area (Å²) in [5.41, 5.74) is 4.70. The molecule has 1 aromatic heterocycles. The average molecular weight is 503 g/mol. The third-order valence-electron chi connectivity index (χ3n) is 6.09. The van der Waals surface area contributed by atoms with E-state index in [4.69, 9.17) is 9.47 Å². The number of aromatic nitrogens is 2. The van der Waals surface area contributed by atoms with Gasteiger partial charge in [-0.1, -0.05) is 59.8 Å². The van der Waals surface area contributed by atoms with E-state index < -0.39 is 17.8 Å². The number of rotatable bonds is 9. The van der Waals surface area contributed by atoms with Crippen molar-refractivity contribution in [1.82, 2.24) is 10.1 Å². The molecule has 3 aromatic carbocycles. The van der Waals surface area contributed by atoms with E-state index >= 15 is 0 Å². The van der Waals surface area contributed by atoms with E-state index in [0.717, 1.165) is 22.3 Å². The molecule has 1 aliphatic rings. The summed E-state index contributed by atoms with van der Waals surface area (Å²) >= 11 is 0. The molecule has 0 bridgehead atoms. The van der Waals surface area contributed by atoms with Gasteiger partial charge in [0.15, 0.2) is 5.82 Å². The highest BCUT2D eigenvalue weighted by Crippen LogP contribution is 2.44. The Bertz CT molecular complexity index is 1470. The molecule has 0 radical (unpaired) electrons. The Kier molecular flexibility index (Phi) is 6.51. The molecule has 0 saturated carbocycles. The Morgan fingerprint density at radius 2 is 1.70 bits per heavy atom. The molecule has 37 heavy (non-hydrogen) atoms. The van der Waals surface area contributed by atoms with Crippen LogP contribution in [-0.2, 0) is 16.0 Å². The van der Waals surface area contributed by atoms with Crippen molar-refractivity contribution in [3.8, 4) is 22.5 Å². The maximum absolute atomic E-state index is 12.1. The zero-order valence-corrected chi connectivity index (χ0v) is 20.4. The first-order valence-corrected chi connectivity index (χ1v) is 11.9. The van der Waals surface area contributed by atoms with Crippen molar-refractivity contribution in [2.75, 3.05) is 23.4 Å². The highest BCUT2D eigenvalue weighted by Gasteiger charge is 2.47. The first-order valence-electron chi connectivity index (χ1n) is 11.9. The molecular weight excluding hydrogens is 476 g/mol. The number of carbonyl (C=O) groups is 1. The maximum atomic E-state index is 12.1. The Morgan fingerprint density at radius 3 is 2.32 bits per heavy atom. The van der Waals surface area contributed by atoms with Crippen LogP contribution in [0, 0.1) is 0 Å². The SMILES string of the molecule is CCOC1(OCC)Nc2cccc(C(=O)O)c2N1Cc1ccc(-c2ccccc2-c2noc(=O)[nH]2)cc1. The molecule has 2 heterocycles. The Morgan fingerprint density at radius 1 is 1.00 bits per heavy atom. The van der Waals surface area contributed by atoms with Crippen molar-refractivity contribution >= 4 is 17.3 Å². The van der Waals surface area contributed by atoms with Crippen LogP contribution < -0.4 is 16.0 Å². The lowest BCUT2D eigenvalue weighted by molar-refractivity contribution is -0.210. The minimum absolute atomic E-state index is 0.151. The van der Waals surface area contributed by atoms with Crippen LogP contribution in [0.5, 0.6) is 0 Å². The van der Waals surface area contributed by atoms with E-state index in [1.807, 2.05) is 73.3 Å². The average Bonchev–Trinajstić information content (AvgIpc) is 3.46. The summed E-state index contributed by atoms with van der Waals surface area (Å²) in [7, 11) is 0. The van der Waals surface area contributed by atoms with Crippen LogP contribution in [0.1, 0.15) is 29.8 Å². The topological polar surface area (TPSA) is 130 Å². The molecule has 5 rings (SSSR count). The Labute approximate surface area is 212 Å². The monoisotopic (exact) mass is 502 g/mol. The summed E-state index contributed by atoms with van der Waals surface area (Å²) in [6.07, 6.45) is 0. The van der Waals surface area contributed by atoms with Crippen LogP contribution >= 0.6 is 0 Å². The van der Waals surface area contributed by atoms with Crippen LogP contribution in [0.3, 0.4) is 0 Å². The van der Waals surface area contributed by atoms with Gasteiger partial charge < -0.3 is 19.9 Å². The van der Waals surface area contributed by atoms with E-state index in [9.17, 15) is 14.7 Å². The number of nitrogens with zero attached hydrogens (tertiary/aromatic N) is 2. The fourth-order valence-electron chi connectivity index (χ4n) is 4.60. The summed E-state index contributed by atoms with van der Waals surface area (Å²) in [5.74, 6) is -1.30. The van der Waals surface area contributed by atoms with E-state index in [0.29, 0.717) is 37.0 Å². The van der Waals surface area contributed by atoms with E-state index in [1.54, 1.807) is 12.1 Å². The Hall–Kier alpha value is -4.41. The quantitative estimate of drug-likeness (QED) is 0.283. The van der Waals surface area contributed by atoms with Crippen molar-refractivity contribution in [1.29, 1.82) is 0 Å². The fourth-order valence-corrected chi connectivity index (χ4v) is 4.60. The highest BCUT2D eigenvalue weighted by atomic mass is 16.7. The number of aromatic carboxylic acids is 1. The predicted molar refractivity (Wildman–Crippen MR) is 137 cm³/mol. The minimum atomic E-state index is -1.35. The third-order valence-corrected chi connectivity index (χ3v) is 6.09. The van der Waals surface area contributed by atoms with Gasteiger partial charge in [-0.25, -0.2) is 9.59 Å². The van der Waals surface area contributed by atoms with Gasteiger partial charge in [0, 0.05) is 5.56 Å². The van der Waals surface area contributed by atoms with E-state index in [2.05, 4.69) is 20.0 Å². The van der Waals surface area contributed by atoms with Gasteiger partial charge in [-0.3, -0.25) is 14.4 Å². The summed E-state index contributed by atoms with van der Waals surface area (Å²) in [6.45, 7) is 4.73. The number of H-pyrrole nitrogens is 1. The second kappa shape index (κ2) is 9.92. The van der Waals surface area contributed by atoms with Gasteiger partial charge in [0.1, 0.15) is 0 Å². The van der Waals surface area contributed by atoms with Gasteiger partial charge in [0.2, 0.25) is 0 Å². The first-order chi connectivity index (χ1) is 18.0. The molecule has 4 aromatic rings. The van der Waals surface area contributed by atoms with Crippen molar-refractivity contribution in [2.45, 2.75) is 26.4 Å². The number of ether oxygens (including phenoxy) is 2. The van der Waals surface area contributed by atoms with Crippen LogP contribution in [0.15, 0.2) is 76.0 Å². The summed E-state index contributed by atoms with van der Waals surface area (Å²) in [6, 6.07) is 19.1. The van der Waals surface area contributed by atoms with Gasteiger partial charge in [-0.2, -0.15) is 0 Å². The molecule has 10 nitrogen and oxygen atoms in total. The van der Waals surface area contributed by atoms with E-state index in [-0.39, 0.29) is 5.56 Å². The number of benzene rings is 3. The van der Waals surface area contributed by atoms with Gasteiger partial charge in [-0.05, 0) is 42.7 Å². The number of anilines is 2. The number of carboxylic acid groups (broad SMARTS) is 1. The standard InChI is InChI=1S/C27H26N4O6/c1-3-35-27(36-4-2)29-22-11-7-10-21(25(32)33)23(22)31(27)16-17-12-14-18(15-13-17)19-8-5-6-9-20(19)24-28-26(34)37-30-24/h5-15,29H,3-4,16H2,1-2H3,(H,32,33)(H,28,30,34). The molecule has 190 valence electrons. The second-order valence-corrected chi connectivity index (χ2v) is 8.35. The molecule has 0 unspecified atom stereocenters. The summed E-state index contributed by atoms with van der Waals surface area (Å²) in [4.78, 5) is 27.9. The fraction of sp³-hybridized carbons (Fsp3) is 0.222. The Balaban J connectivity index is 1.51. The zero-order valence-electron chi connectivity index (χ0n) is 20.4. The number of hydrogen-bond acceptors (Lipinski definition) is 8. The lowest BCUT2D eigenvalue weighted by Crippen LogP contribution is -2.55. The van der Waals surface area contributed by atoms with Crippen LogP contribution in [-0.4, -0.2) is 40.5 Å². The van der Waals surface area contributed by atoms with Crippen molar-refractivity contribution in [3.05, 3.63) is 88.4 Å². The predicted octanol–water partition coefficient (Wildman–Crippen LogP) is 4.51. The molecule has 0 spiro atoms. The minimum Gasteiger partial charge on any atom is -0.478 e. The van der Waals surface area contributed by atoms with Crippen LogP contribution in [0.25, 0.3) is 22.5 Å². The molecule has 0 atom stereocenters. The van der Waals surface area contributed by atoms with Gasteiger partial charge in [0.05, 0.1) is 36.7 Å². The largest absolute Gasteiger partial charge is 0.478 e. The highest BCUT2D eigenvalue weighted by molar-refractivity contribution is 6.00. The zero-order chi connectivity index (χ0) is 26.0. The molecule has 0 fully saturated rings. The number of para-hydroxylation sites is 1. The van der Waals surface area contributed by atoms with Gasteiger partial charge in [0.25, 0.3) is 0 Å². The molecule has 10 heteroatoms. The molecule has 1 aliphatic heterocycles. The molecule has 0 amide bonds. The van der Waals surface area contributed by atoms with E-state index in [1.165, 1.54) is 0 Å². The smallest absolute Gasteiger partial charge is 0.439 e. The van der Waals surface area contributed by atoms with Gasteiger partial charge in [-0.15, -0.1) is 0 Å². The maximum Gasteiger partial charge on any atom is 0.439 e. The number of fused-ring (bicyclic) bond motifs is 1. The lowest BCUT2D eigenvalue weighted by Gasteiger charge is -2.38. The molecular formula is C27H26N4O6. The van der Waals surface area contributed by atoms with Gasteiger partial charge >= 0.3 is 17.8 Å². The molecule has 0 aliphatic carbocycles. The summed E-state index contributed by atoms with van der Waals surface area (Å²) in [5, 5.41) is 17.0. The number of nitrogens with one attached hydrogen (secondary N) is 2. The van der Waals surface area contributed by atoms with Crippen molar-refractivity contribution in [2.24, 2.45) is 0 Å². The number of aromatic amines is 1. The number of carboxylic acids is 1. The van der Waals surface area contributed by atoms with Crippen molar-refractivity contribution < 1.29 is 23.9 Å². The second-order valence-electron chi connectivity index (χ2n) is 8.35. The van der Waals surface area contributed by atoms with Crippen LogP contribution in [0.2, 0.25) is 0 Å². The lowest BCUT2D eigenvalue weighted by atomic mass is 9.98. The normalized spacial score (nSPS) is 13.8. The number of hydrogen-bond donors (Lipinski definition) is 3.